The van der Waals surface area contributed by atoms with Gasteiger partial charge in [0.05, 0.1) is 0 Å². The van der Waals surface area contributed by atoms with Crippen LogP contribution < -0.4 is 4.74 Å². The molecular formula is C25H33ClN4O2. The zero-order chi connectivity index (χ0) is 22.1. The quantitative estimate of drug-likeness (QED) is 0.690. The number of fused-ring (bicyclic) bond motifs is 2. The third-order valence-electron chi connectivity index (χ3n) is 7.26. The van der Waals surface area contributed by atoms with Crippen LogP contribution >= 0.6 is 11.6 Å². The fourth-order valence-corrected chi connectivity index (χ4v) is 5.73. The largest absolute Gasteiger partial charge is 0.492 e. The van der Waals surface area contributed by atoms with Crippen LogP contribution in [-0.2, 0) is 25.9 Å². The van der Waals surface area contributed by atoms with E-state index in [0.29, 0.717) is 18.3 Å². The minimum absolute atomic E-state index is 0.132. The lowest BCUT2D eigenvalue weighted by atomic mass is 9.89. The van der Waals surface area contributed by atoms with Crippen LogP contribution in [-0.4, -0.2) is 57.8 Å². The first kappa shape index (κ1) is 21.8. The maximum atomic E-state index is 13.5. The molecule has 32 heavy (non-hydrogen) atoms. The second-order valence-corrected chi connectivity index (χ2v) is 9.70. The maximum Gasteiger partial charge on any atom is 0.274 e. The molecule has 6 nitrogen and oxygen atoms in total. The Hall–Kier alpha value is -2.05. The van der Waals surface area contributed by atoms with Crippen LogP contribution in [0, 0.1) is 0 Å². The average molecular weight is 457 g/mol. The van der Waals surface area contributed by atoms with Crippen molar-refractivity contribution in [3.8, 4) is 5.75 Å². The maximum absolute atomic E-state index is 13.5. The van der Waals surface area contributed by atoms with E-state index < -0.39 is 0 Å². The SMILES string of the molecule is CCn1nc(C(=O)N2CCCCCC2)c2c1CC[C@H](N1CCOc3ccc(Cl)cc3C1)C2. The molecule has 1 amide bonds. The summed E-state index contributed by atoms with van der Waals surface area (Å²) in [4.78, 5) is 18.0. The number of nitrogens with zero attached hydrogens (tertiary/aromatic N) is 4. The van der Waals surface area contributed by atoms with E-state index in [-0.39, 0.29) is 5.91 Å². The van der Waals surface area contributed by atoms with Gasteiger partial charge in [0.1, 0.15) is 12.4 Å². The molecule has 0 spiro atoms. The van der Waals surface area contributed by atoms with Gasteiger partial charge in [-0.3, -0.25) is 14.4 Å². The van der Waals surface area contributed by atoms with E-state index in [9.17, 15) is 4.79 Å². The van der Waals surface area contributed by atoms with E-state index in [2.05, 4.69) is 16.5 Å². The number of halogens is 1. The molecule has 1 aromatic carbocycles. The van der Waals surface area contributed by atoms with Gasteiger partial charge in [0.15, 0.2) is 5.69 Å². The number of aromatic nitrogens is 2. The first-order valence-corrected chi connectivity index (χ1v) is 12.5. The monoisotopic (exact) mass is 456 g/mol. The zero-order valence-corrected chi connectivity index (χ0v) is 19.7. The predicted octanol–water partition coefficient (Wildman–Crippen LogP) is 4.32. The molecule has 0 radical (unpaired) electrons. The van der Waals surface area contributed by atoms with Crippen molar-refractivity contribution in [2.75, 3.05) is 26.2 Å². The van der Waals surface area contributed by atoms with Gasteiger partial charge in [-0.1, -0.05) is 24.4 Å². The molecule has 7 heteroatoms. The van der Waals surface area contributed by atoms with Gasteiger partial charge in [-0.25, -0.2) is 0 Å². The Morgan fingerprint density at radius 3 is 2.78 bits per heavy atom. The summed E-state index contributed by atoms with van der Waals surface area (Å²) in [5.74, 6) is 1.07. The van der Waals surface area contributed by atoms with E-state index in [1.54, 1.807) is 0 Å². The molecule has 172 valence electrons. The summed E-state index contributed by atoms with van der Waals surface area (Å²) in [5, 5.41) is 5.57. The van der Waals surface area contributed by atoms with Gasteiger partial charge in [-0.2, -0.15) is 5.10 Å². The number of benzene rings is 1. The van der Waals surface area contributed by atoms with Gasteiger partial charge in [-0.05, 0) is 57.2 Å². The van der Waals surface area contributed by atoms with E-state index >= 15 is 0 Å². The van der Waals surface area contributed by atoms with E-state index in [1.807, 2.05) is 23.1 Å². The molecule has 0 N–H and O–H groups in total. The van der Waals surface area contributed by atoms with Crippen LogP contribution in [0.5, 0.6) is 5.75 Å². The van der Waals surface area contributed by atoms with Crippen molar-refractivity contribution in [2.24, 2.45) is 0 Å². The summed E-state index contributed by atoms with van der Waals surface area (Å²) >= 11 is 6.26. The van der Waals surface area contributed by atoms with Crippen LogP contribution in [0.25, 0.3) is 0 Å². The smallest absolute Gasteiger partial charge is 0.274 e. The van der Waals surface area contributed by atoms with Crippen molar-refractivity contribution >= 4 is 17.5 Å². The first-order valence-electron chi connectivity index (χ1n) is 12.2. The number of likely N-dealkylation sites (tertiary alicyclic amines) is 1. The Morgan fingerprint density at radius 2 is 2.00 bits per heavy atom. The predicted molar refractivity (Wildman–Crippen MR) is 125 cm³/mol. The second-order valence-electron chi connectivity index (χ2n) is 9.26. The highest BCUT2D eigenvalue weighted by Crippen LogP contribution is 2.32. The highest BCUT2D eigenvalue weighted by Gasteiger charge is 2.34. The second kappa shape index (κ2) is 9.44. The Balaban J connectivity index is 1.40. The molecule has 2 aliphatic heterocycles. The number of carbonyl (C=O) groups is 1. The molecule has 1 aromatic heterocycles. The Bertz CT molecular complexity index is 981. The Labute approximate surface area is 195 Å². The minimum Gasteiger partial charge on any atom is -0.492 e. The molecule has 0 saturated carbocycles. The van der Waals surface area contributed by atoms with Crippen molar-refractivity contribution in [2.45, 2.75) is 71.0 Å². The van der Waals surface area contributed by atoms with Gasteiger partial charge in [0.2, 0.25) is 0 Å². The molecule has 1 saturated heterocycles. The van der Waals surface area contributed by atoms with E-state index in [1.165, 1.54) is 24.1 Å². The molecule has 3 heterocycles. The molecular weight excluding hydrogens is 424 g/mol. The number of ether oxygens (including phenoxy) is 1. The van der Waals surface area contributed by atoms with Gasteiger partial charge < -0.3 is 9.64 Å². The molecule has 0 bridgehead atoms. The van der Waals surface area contributed by atoms with Crippen molar-refractivity contribution in [3.05, 3.63) is 45.7 Å². The van der Waals surface area contributed by atoms with Crippen molar-refractivity contribution in [1.82, 2.24) is 19.6 Å². The highest BCUT2D eigenvalue weighted by molar-refractivity contribution is 6.30. The lowest BCUT2D eigenvalue weighted by Gasteiger charge is -2.33. The molecule has 1 atom stereocenters. The highest BCUT2D eigenvalue weighted by atomic mass is 35.5. The summed E-state index contributed by atoms with van der Waals surface area (Å²) in [6, 6.07) is 6.26. The van der Waals surface area contributed by atoms with Crippen molar-refractivity contribution in [1.29, 1.82) is 0 Å². The van der Waals surface area contributed by atoms with E-state index in [4.69, 9.17) is 21.4 Å². The number of hydrogen-bond acceptors (Lipinski definition) is 4. The normalized spacial score (nSPS) is 21.8. The summed E-state index contributed by atoms with van der Waals surface area (Å²) in [6.45, 7) is 7.02. The van der Waals surface area contributed by atoms with Gasteiger partial charge in [0.25, 0.3) is 5.91 Å². The lowest BCUT2D eigenvalue weighted by molar-refractivity contribution is 0.0752. The summed E-state index contributed by atoms with van der Waals surface area (Å²) < 4.78 is 8.06. The topological polar surface area (TPSA) is 50.6 Å². The van der Waals surface area contributed by atoms with E-state index in [0.717, 1.165) is 81.2 Å². The lowest BCUT2D eigenvalue weighted by Crippen LogP contribution is -2.41. The Kier molecular flexibility index (Phi) is 6.42. The van der Waals surface area contributed by atoms with Crippen molar-refractivity contribution in [3.63, 3.8) is 0 Å². The van der Waals surface area contributed by atoms with Crippen LogP contribution in [0.4, 0.5) is 0 Å². The standard InChI is InChI=1S/C25H33ClN4O2/c1-2-30-22-9-8-20(29-13-14-32-23-10-7-19(26)15-18(23)17-29)16-21(22)24(27-30)25(31)28-11-5-3-4-6-12-28/h7,10,15,20H,2-6,8-9,11-14,16-17H2,1H3/t20-/m0/s1. The number of carbonyl (C=O) groups excluding carboxylic acids is 1. The van der Waals surface area contributed by atoms with Gasteiger partial charge >= 0.3 is 0 Å². The van der Waals surface area contributed by atoms with Crippen molar-refractivity contribution < 1.29 is 9.53 Å². The third-order valence-corrected chi connectivity index (χ3v) is 7.50. The van der Waals surface area contributed by atoms with Gasteiger partial charge in [-0.15, -0.1) is 0 Å². The van der Waals surface area contributed by atoms with Crippen LogP contribution in [0.2, 0.25) is 5.02 Å². The van der Waals surface area contributed by atoms with Crippen LogP contribution in [0.1, 0.15) is 66.3 Å². The van der Waals surface area contributed by atoms with Gasteiger partial charge in [0, 0.05) is 60.6 Å². The van der Waals surface area contributed by atoms with Crippen LogP contribution in [0.15, 0.2) is 18.2 Å². The molecule has 1 fully saturated rings. The molecule has 2 aromatic rings. The fraction of sp³-hybridized carbons (Fsp3) is 0.600. The van der Waals surface area contributed by atoms with Crippen LogP contribution in [0.3, 0.4) is 0 Å². The minimum atomic E-state index is 0.132. The summed E-state index contributed by atoms with van der Waals surface area (Å²) in [7, 11) is 0. The molecule has 3 aliphatic rings. The number of amides is 1. The number of aryl methyl sites for hydroxylation is 1. The fourth-order valence-electron chi connectivity index (χ4n) is 5.53. The summed E-state index contributed by atoms with van der Waals surface area (Å²) in [6.07, 6.45) is 7.55. The molecule has 1 aliphatic carbocycles. The zero-order valence-electron chi connectivity index (χ0n) is 19.0. The average Bonchev–Trinajstić information content (AvgIpc) is 2.98. The third kappa shape index (κ3) is 4.27. The number of hydrogen-bond donors (Lipinski definition) is 0. The molecule has 0 unspecified atom stereocenters. The Morgan fingerprint density at radius 1 is 1.19 bits per heavy atom. The first-order chi connectivity index (χ1) is 15.6. The molecule has 5 rings (SSSR count). The summed E-state index contributed by atoms with van der Waals surface area (Å²) in [5.41, 5.74) is 4.28. The number of rotatable bonds is 3.